The molecule has 1 aliphatic rings. The third-order valence-electron chi connectivity index (χ3n) is 4.25. The molecule has 1 saturated heterocycles. The number of alkyl halides is 3. The number of benzene rings is 2. The van der Waals surface area contributed by atoms with Gasteiger partial charge in [-0.1, -0.05) is 24.3 Å². The van der Waals surface area contributed by atoms with E-state index in [1.54, 1.807) is 24.3 Å². The molecule has 28 heavy (non-hydrogen) atoms. The Morgan fingerprint density at radius 1 is 1.11 bits per heavy atom. The van der Waals surface area contributed by atoms with Gasteiger partial charge in [-0.05, 0) is 29.8 Å². The molecule has 0 radical (unpaired) electrons. The Morgan fingerprint density at radius 3 is 2.36 bits per heavy atom. The van der Waals surface area contributed by atoms with Crippen LogP contribution in [0, 0.1) is 0 Å². The van der Waals surface area contributed by atoms with Crippen molar-refractivity contribution < 1.29 is 32.7 Å². The molecule has 1 atom stereocenters. The minimum Gasteiger partial charge on any atom is -0.481 e. The molecule has 2 aromatic rings. The molecule has 9 heteroatoms. The van der Waals surface area contributed by atoms with E-state index in [-0.39, 0.29) is 12.8 Å². The van der Waals surface area contributed by atoms with E-state index >= 15 is 0 Å². The molecule has 146 valence electrons. The number of para-hydroxylation sites is 1. The Labute approximate surface area is 157 Å². The minimum absolute atomic E-state index is 0.164. The molecule has 0 aliphatic carbocycles. The number of carbonyl (C=O) groups excluding carboxylic acids is 2. The van der Waals surface area contributed by atoms with Crippen molar-refractivity contribution in [2.24, 2.45) is 0 Å². The highest BCUT2D eigenvalue weighted by molar-refractivity contribution is 6.23. The molecule has 2 N–H and O–H groups in total. The summed E-state index contributed by atoms with van der Waals surface area (Å²) < 4.78 is 39.7. The second kappa shape index (κ2) is 7.34. The Morgan fingerprint density at radius 2 is 1.75 bits per heavy atom. The quantitative estimate of drug-likeness (QED) is 0.764. The number of carboxylic acids is 1. The van der Waals surface area contributed by atoms with Crippen LogP contribution in [-0.2, 0) is 27.0 Å². The lowest BCUT2D eigenvalue weighted by Gasteiger charge is -2.20. The molecule has 0 saturated carbocycles. The number of carboxylic acid groups (broad SMARTS) is 1. The van der Waals surface area contributed by atoms with Crippen molar-refractivity contribution in [2.75, 3.05) is 10.2 Å². The number of rotatable bonds is 5. The molecule has 1 aliphatic heterocycles. The Bertz CT molecular complexity index is 926. The van der Waals surface area contributed by atoms with E-state index in [4.69, 9.17) is 5.11 Å². The number of carbonyl (C=O) groups is 3. The first-order valence-corrected chi connectivity index (χ1v) is 8.27. The Hall–Kier alpha value is -3.36. The van der Waals surface area contributed by atoms with E-state index in [0.29, 0.717) is 16.2 Å². The normalized spacial score (nSPS) is 17.1. The van der Waals surface area contributed by atoms with Gasteiger partial charge in [0.1, 0.15) is 6.04 Å². The number of nitrogens with zero attached hydrogens (tertiary/aromatic N) is 1. The maximum Gasteiger partial charge on any atom is 0.418 e. The molecular formula is C19H15F3N2O4. The number of amides is 2. The summed E-state index contributed by atoms with van der Waals surface area (Å²) in [5.74, 6) is -2.51. The van der Waals surface area contributed by atoms with Crippen LogP contribution in [0.15, 0.2) is 48.5 Å². The van der Waals surface area contributed by atoms with Crippen molar-refractivity contribution >= 4 is 29.2 Å². The number of hydrogen-bond acceptors (Lipinski definition) is 4. The summed E-state index contributed by atoms with van der Waals surface area (Å²) in [6, 6.07) is 9.59. The van der Waals surface area contributed by atoms with Crippen LogP contribution >= 0.6 is 0 Å². The number of anilines is 2. The zero-order valence-electron chi connectivity index (χ0n) is 14.4. The predicted molar refractivity (Wildman–Crippen MR) is 93.7 cm³/mol. The SMILES string of the molecule is O=C(O)Cc1ccc(N[C@@H]2CC(=O)N(c3ccccc3C(F)(F)F)C2=O)cc1. The lowest BCUT2D eigenvalue weighted by Crippen LogP contribution is -2.36. The van der Waals surface area contributed by atoms with Gasteiger partial charge in [0.2, 0.25) is 5.91 Å². The minimum atomic E-state index is -4.71. The van der Waals surface area contributed by atoms with Crippen LogP contribution in [0.2, 0.25) is 0 Å². The summed E-state index contributed by atoms with van der Waals surface area (Å²) in [6.45, 7) is 0. The van der Waals surface area contributed by atoms with E-state index in [9.17, 15) is 27.6 Å². The number of hydrogen-bond donors (Lipinski definition) is 2. The molecule has 1 heterocycles. The van der Waals surface area contributed by atoms with Crippen molar-refractivity contribution in [1.29, 1.82) is 0 Å². The van der Waals surface area contributed by atoms with Crippen LogP contribution < -0.4 is 10.2 Å². The first-order valence-electron chi connectivity index (χ1n) is 8.27. The molecule has 0 unspecified atom stereocenters. The number of imide groups is 1. The smallest absolute Gasteiger partial charge is 0.418 e. The maximum absolute atomic E-state index is 13.2. The number of nitrogens with one attached hydrogen (secondary N) is 1. The summed E-state index contributed by atoms with van der Waals surface area (Å²) in [7, 11) is 0. The first kappa shape index (κ1) is 19.4. The average molecular weight is 392 g/mol. The third-order valence-corrected chi connectivity index (χ3v) is 4.25. The van der Waals surface area contributed by atoms with Crippen LogP contribution in [0.1, 0.15) is 17.5 Å². The number of halogens is 3. The summed E-state index contributed by atoms with van der Waals surface area (Å²) in [6.07, 6.45) is -5.16. The fraction of sp³-hybridized carbons (Fsp3) is 0.211. The van der Waals surface area contributed by atoms with Gasteiger partial charge in [0.25, 0.3) is 5.91 Å². The molecule has 2 aromatic carbocycles. The van der Waals surface area contributed by atoms with Crippen molar-refractivity contribution in [1.82, 2.24) is 0 Å². The van der Waals surface area contributed by atoms with Crippen LogP contribution in [0.5, 0.6) is 0 Å². The monoisotopic (exact) mass is 392 g/mol. The second-order valence-corrected chi connectivity index (χ2v) is 6.25. The highest BCUT2D eigenvalue weighted by Crippen LogP contribution is 2.38. The van der Waals surface area contributed by atoms with E-state index < -0.39 is 41.3 Å². The third kappa shape index (κ3) is 3.98. The summed E-state index contributed by atoms with van der Waals surface area (Å²) in [5, 5.41) is 11.6. The molecule has 3 rings (SSSR count). The Kier molecular flexibility index (Phi) is 5.08. The van der Waals surface area contributed by atoms with E-state index in [1.807, 2.05) is 0 Å². The van der Waals surface area contributed by atoms with Crippen LogP contribution in [0.25, 0.3) is 0 Å². The average Bonchev–Trinajstić information content (AvgIpc) is 2.89. The summed E-state index contributed by atoms with van der Waals surface area (Å²) in [5.41, 5.74) is -0.555. The van der Waals surface area contributed by atoms with Crippen LogP contribution in [-0.4, -0.2) is 28.9 Å². The van der Waals surface area contributed by atoms with E-state index in [0.717, 1.165) is 12.1 Å². The van der Waals surface area contributed by atoms with E-state index in [2.05, 4.69) is 5.32 Å². The van der Waals surface area contributed by atoms with Gasteiger partial charge in [-0.15, -0.1) is 0 Å². The lowest BCUT2D eigenvalue weighted by atomic mass is 10.1. The van der Waals surface area contributed by atoms with Crippen molar-refractivity contribution in [2.45, 2.75) is 25.1 Å². The molecule has 0 aromatic heterocycles. The van der Waals surface area contributed by atoms with Gasteiger partial charge < -0.3 is 10.4 Å². The second-order valence-electron chi connectivity index (χ2n) is 6.25. The van der Waals surface area contributed by atoms with Gasteiger partial charge in [0, 0.05) is 5.69 Å². The standard InChI is InChI=1S/C19H15F3N2O4/c20-19(21,22)13-3-1-2-4-15(13)24-16(25)10-14(18(24)28)23-12-7-5-11(6-8-12)9-17(26)27/h1-8,14,23H,9-10H2,(H,26,27)/t14-/m1/s1. The predicted octanol–water partition coefficient (Wildman–Crippen LogP) is 3.08. The van der Waals surface area contributed by atoms with Crippen LogP contribution in [0.3, 0.4) is 0 Å². The first-order chi connectivity index (χ1) is 13.2. The molecular weight excluding hydrogens is 377 g/mol. The van der Waals surface area contributed by atoms with Gasteiger partial charge in [-0.3, -0.25) is 14.4 Å². The van der Waals surface area contributed by atoms with Gasteiger partial charge in [0.05, 0.1) is 24.1 Å². The largest absolute Gasteiger partial charge is 0.481 e. The van der Waals surface area contributed by atoms with Crippen LogP contribution in [0.4, 0.5) is 24.5 Å². The summed E-state index contributed by atoms with van der Waals surface area (Å²) in [4.78, 5) is 36.1. The highest BCUT2D eigenvalue weighted by Gasteiger charge is 2.44. The van der Waals surface area contributed by atoms with Crippen molar-refractivity contribution in [3.8, 4) is 0 Å². The topological polar surface area (TPSA) is 86.7 Å². The van der Waals surface area contributed by atoms with E-state index in [1.165, 1.54) is 12.1 Å². The lowest BCUT2D eigenvalue weighted by molar-refractivity contribution is -0.138. The van der Waals surface area contributed by atoms with Gasteiger partial charge in [-0.25, -0.2) is 4.90 Å². The maximum atomic E-state index is 13.2. The molecule has 0 spiro atoms. The molecule has 6 nitrogen and oxygen atoms in total. The zero-order chi connectivity index (χ0) is 20.5. The van der Waals surface area contributed by atoms with Crippen molar-refractivity contribution in [3.63, 3.8) is 0 Å². The van der Waals surface area contributed by atoms with Gasteiger partial charge in [-0.2, -0.15) is 13.2 Å². The fourth-order valence-electron chi connectivity index (χ4n) is 3.00. The highest BCUT2D eigenvalue weighted by atomic mass is 19.4. The van der Waals surface area contributed by atoms with Gasteiger partial charge >= 0.3 is 12.1 Å². The Balaban J connectivity index is 1.80. The van der Waals surface area contributed by atoms with Crippen molar-refractivity contribution in [3.05, 3.63) is 59.7 Å². The molecule has 0 bridgehead atoms. The summed E-state index contributed by atoms with van der Waals surface area (Å²) >= 11 is 0. The zero-order valence-corrected chi connectivity index (χ0v) is 14.4. The number of aliphatic carboxylic acids is 1. The van der Waals surface area contributed by atoms with Gasteiger partial charge in [0.15, 0.2) is 0 Å². The fourth-order valence-corrected chi connectivity index (χ4v) is 3.00. The molecule has 1 fully saturated rings. The molecule has 2 amide bonds.